The van der Waals surface area contributed by atoms with Gasteiger partial charge >= 0.3 is 0 Å². The second-order valence-corrected chi connectivity index (χ2v) is 9.32. The lowest BCUT2D eigenvalue weighted by Crippen LogP contribution is -2.26. The molecule has 0 atom stereocenters. The second kappa shape index (κ2) is 8.73. The van der Waals surface area contributed by atoms with Gasteiger partial charge in [-0.05, 0) is 29.0 Å². The molecule has 0 radical (unpaired) electrons. The number of hydrogen-bond acceptors (Lipinski definition) is 4. The molecule has 2 aromatic carbocycles. The number of nitrogens with zero attached hydrogens (tertiary/aromatic N) is 2. The molecule has 2 heterocycles. The molecular weight excluding hydrogens is 402 g/mol. The van der Waals surface area contributed by atoms with Gasteiger partial charge in [-0.2, -0.15) is 5.10 Å². The molecule has 0 aliphatic carbocycles. The van der Waals surface area contributed by atoms with Crippen LogP contribution in [0.1, 0.15) is 11.1 Å². The van der Waals surface area contributed by atoms with Crippen LogP contribution in [0.3, 0.4) is 0 Å². The van der Waals surface area contributed by atoms with E-state index in [1.54, 1.807) is 10.9 Å². The van der Waals surface area contributed by atoms with Crippen molar-refractivity contribution in [3.8, 4) is 10.6 Å². The molecule has 0 unspecified atom stereocenters. The zero-order valence-electron chi connectivity index (χ0n) is 15.7. The van der Waals surface area contributed by atoms with Gasteiger partial charge in [-0.15, -0.1) is 11.3 Å². The molecule has 0 fully saturated rings. The Bertz CT molecular complexity index is 1150. The summed E-state index contributed by atoms with van der Waals surface area (Å²) in [7, 11) is -3.69. The highest BCUT2D eigenvalue weighted by Gasteiger charge is 2.24. The Balaban J connectivity index is 1.58. The molecule has 148 valence electrons. The predicted molar refractivity (Wildman–Crippen MR) is 116 cm³/mol. The standard InChI is InChI=1S/C22H21N3O2S2/c26-29(27,23-14-13-18-8-3-1-4-9-18)21-17-25(16-19-10-5-2-6-11-19)24-22(21)20-12-7-15-28-20/h1-12,15,17,23H,13-14,16H2. The van der Waals surface area contributed by atoms with E-state index < -0.39 is 10.0 Å². The van der Waals surface area contributed by atoms with E-state index in [1.165, 1.54) is 11.3 Å². The second-order valence-electron chi connectivity index (χ2n) is 6.64. The summed E-state index contributed by atoms with van der Waals surface area (Å²) in [6, 6.07) is 23.5. The Labute approximate surface area is 174 Å². The van der Waals surface area contributed by atoms with E-state index in [-0.39, 0.29) is 4.90 Å². The molecule has 0 aliphatic rings. The van der Waals surface area contributed by atoms with Crippen molar-refractivity contribution in [2.24, 2.45) is 0 Å². The summed E-state index contributed by atoms with van der Waals surface area (Å²) in [4.78, 5) is 1.05. The molecule has 7 heteroatoms. The molecule has 0 saturated heterocycles. The normalized spacial score (nSPS) is 11.6. The van der Waals surface area contributed by atoms with Crippen molar-refractivity contribution in [2.75, 3.05) is 6.54 Å². The van der Waals surface area contributed by atoms with E-state index in [4.69, 9.17) is 0 Å². The highest BCUT2D eigenvalue weighted by Crippen LogP contribution is 2.29. The van der Waals surface area contributed by atoms with Gasteiger partial charge in [0.15, 0.2) is 0 Å². The van der Waals surface area contributed by atoms with Crippen molar-refractivity contribution >= 4 is 21.4 Å². The summed E-state index contributed by atoms with van der Waals surface area (Å²) < 4.78 is 30.5. The van der Waals surface area contributed by atoms with Crippen LogP contribution in [0.5, 0.6) is 0 Å². The van der Waals surface area contributed by atoms with Gasteiger partial charge in [0.25, 0.3) is 0 Å². The van der Waals surface area contributed by atoms with Crippen molar-refractivity contribution < 1.29 is 8.42 Å². The van der Waals surface area contributed by atoms with Crippen LogP contribution in [0.2, 0.25) is 0 Å². The fraction of sp³-hybridized carbons (Fsp3) is 0.136. The molecule has 5 nitrogen and oxygen atoms in total. The SMILES string of the molecule is O=S(=O)(NCCc1ccccc1)c1cn(Cc2ccccc2)nc1-c1cccs1. The van der Waals surface area contributed by atoms with Crippen molar-refractivity contribution in [3.05, 3.63) is 95.5 Å². The first-order valence-corrected chi connectivity index (χ1v) is 11.7. The Hall–Kier alpha value is -2.74. The number of benzene rings is 2. The summed E-state index contributed by atoms with van der Waals surface area (Å²) in [5, 5.41) is 6.51. The van der Waals surface area contributed by atoms with Gasteiger partial charge in [-0.3, -0.25) is 4.68 Å². The molecule has 1 N–H and O–H groups in total. The highest BCUT2D eigenvalue weighted by molar-refractivity contribution is 7.89. The monoisotopic (exact) mass is 423 g/mol. The average Bonchev–Trinajstić information content (AvgIpc) is 3.39. The lowest BCUT2D eigenvalue weighted by atomic mass is 10.2. The molecule has 0 amide bonds. The Morgan fingerprint density at radius 3 is 2.24 bits per heavy atom. The maximum atomic E-state index is 13.0. The number of aromatic nitrogens is 2. The van der Waals surface area contributed by atoms with E-state index in [9.17, 15) is 8.42 Å². The van der Waals surface area contributed by atoms with Crippen LogP contribution in [0.15, 0.2) is 89.3 Å². The third-order valence-electron chi connectivity index (χ3n) is 4.51. The maximum Gasteiger partial charge on any atom is 0.244 e. The van der Waals surface area contributed by atoms with Gasteiger partial charge < -0.3 is 0 Å². The van der Waals surface area contributed by atoms with Crippen LogP contribution in [-0.4, -0.2) is 24.7 Å². The lowest BCUT2D eigenvalue weighted by molar-refractivity contribution is 0.581. The zero-order valence-corrected chi connectivity index (χ0v) is 17.4. The van der Waals surface area contributed by atoms with Crippen molar-refractivity contribution in [1.82, 2.24) is 14.5 Å². The zero-order chi connectivity index (χ0) is 20.1. The molecule has 0 saturated carbocycles. The van der Waals surface area contributed by atoms with Crippen molar-refractivity contribution in [3.63, 3.8) is 0 Å². The number of thiophene rings is 1. The number of hydrogen-bond donors (Lipinski definition) is 1. The van der Waals surface area contributed by atoms with Gasteiger partial charge in [0.2, 0.25) is 10.0 Å². The fourth-order valence-electron chi connectivity index (χ4n) is 3.09. The Morgan fingerprint density at radius 1 is 0.897 bits per heavy atom. The average molecular weight is 424 g/mol. The van der Waals surface area contributed by atoms with Gasteiger partial charge in [0, 0.05) is 12.7 Å². The summed E-state index contributed by atoms with van der Waals surface area (Å²) in [6.45, 7) is 0.846. The quantitative estimate of drug-likeness (QED) is 0.462. The maximum absolute atomic E-state index is 13.0. The predicted octanol–water partition coefficient (Wildman–Crippen LogP) is 4.18. The van der Waals surface area contributed by atoms with E-state index >= 15 is 0 Å². The van der Waals surface area contributed by atoms with Crippen LogP contribution in [-0.2, 0) is 23.0 Å². The molecule has 4 aromatic rings. The topological polar surface area (TPSA) is 64.0 Å². The smallest absolute Gasteiger partial charge is 0.244 e. The molecule has 0 aliphatic heterocycles. The first kappa shape index (κ1) is 19.6. The summed E-state index contributed by atoms with van der Waals surface area (Å²) >= 11 is 1.48. The van der Waals surface area contributed by atoms with Crippen molar-refractivity contribution in [1.29, 1.82) is 0 Å². The number of nitrogens with one attached hydrogen (secondary N) is 1. The van der Waals surface area contributed by atoms with Gasteiger partial charge in [-0.25, -0.2) is 13.1 Å². The highest BCUT2D eigenvalue weighted by atomic mass is 32.2. The van der Waals surface area contributed by atoms with E-state index in [0.717, 1.165) is 16.0 Å². The van der Waals surface area contributed by atoms with Crippen LogP contribution >= 0.6 is 11.3 Å². The summed E-state index contributed by atoms with van der Waals surface area (Å²) in [6.07, 6.45) is 2.25. The molecule has 29 heavy (non-hydrogen) atoms. The third kappa shape index (κ3) is 4.82. The minimum atomic E-state index is -3.69. The van der Waals surface area contributed by atoms with E-state index in [0.29, 0.717) is 25.2 Å². The summed E-state index contributed by atoms with van der Waals surface area (Å²) in [5.41, 5.74) is 2.64. The van der Waals surface area contributed by atoms with Gasteiger partial charge in [0.1, 0.15) is 10.6 Å². The van der Waals surface area contributed by atoms with Crippen LogP contribution in [0, 0.1) is 0 Å². The molecular formula is C22H21N3O2S2. The summed E-state index contributed by atoms with van der Waals surface area (Å²) in [5.74, 6) is 0. The number of rotatable bonds is 8. The van der Waals surface area contributed by atoms with Crippen molar-refractivity contribution in [2.45, 2.75) is 17.9 Å². The third-order valence-corrected chi connectivity index (χ3v) is 6.85. The van der Waals surface area contributed by atoms with Gasteiger partial charge in [-0.1, -0.05) is 66.7 Å². The largest absolute Gasteiger partial charge is 0.266 e. The fourth-order valence-corrected chi connectivity index (χ4v) is 5.07. The molecule has 2 aromatic heterocycles. The van der Waals surface area contributed by atoms with Crippen LogP contribution in [0.4, 0.5) is 0 Å². The molecule has 4 rings (SSSR count). The Kier molecular flexibility index (Phi) is 5.89. The lowest BCUT2D eigenvalue weighted by Gasteiger charge is -2.06. The molecule has 0 spiro atoms. The van der Waals surface area contributed by atoms with Crippen LogP contribution in [0.25, 0.3) is 10.6 Å². The van der Waals surface area contributed by atoms with Crippen LogP contribution < -0.4 is 4.72 Å². The Morgan fingerprint density at radius 2 is 1.59 bits per heavy atom. The first-order chi connectivity index (χ1) is 14.1. The molecule has 0 bridgehead atoms. The van der Waals surface area contributed by atoms with Gasteiger partial charge in [0.05, 0.1) is 11.4 Å². The minimum Gasteiger partial charge on any atom is -0.266 e. The minimum absolute atomic E-state index is 0.212. The van der Waals surface area contributed by atoms with E-state index in [1.807, 2.05) is 78.2 Å². The first-order valence-electron chi connectivity index (χ1n) is 9.31. The number of sulfonamides is 1. The van der Waals surface area contributed by atoms with E-state index in [2.05, 4.69) is 9.82 Å².